The summed E-state index contributed by atoms with van der Waals surface area (Å²) in [7, 11) is -2.95. The smallest absolute Gasteiger partial charge is 0.162 e. The van der Waals surface area contributed by atoms with E-state index in [1.165, 1.54) is 0 Å². The van der Waals surface area contributed by atoms with Crippen LogP contribution in [-0.4, -0.2) is 40.9 Å². The quantitative estimate of drug-likeness (QED) is 0.787. The third kappa shape index (κ3) is 2.94. The molecule has 1 saturated heterocycles. The largest absolute Gasteiger partial charge is 0.366 e. The highest BCUT2D eigenvalue weighted by molar-refractivity contribution is 7.91. The van der Waals surface area contributed by atoms with Crippen molar-refractivity contribution >= 4 is 26.6 Å². The standard InChI is InChI=1S/C17H16N4O2S/c22-24(23)10-7-13(11-24)19-17-14-3-1-2-4-15(14)20-16(21-17)12-5-8-18-9-6-12/h1-6,8-9,13H,7,10-11H2,(H,19,20,21)/t13-/m1/s1. The number of para-hydroxylation sites is 1. The van der Waals surface area contributed by atoms with Gasteiger partial charge in [-0.1, -0.05) is 12.1 Å². The summed E-state index contributed by atoms with van der Waals surface area (Å²) in [5.74, 6) is 1.65. The third-order valence-electron chi connectivity index (χ3n) is 4.12. The van der Waals surface area contributed by atoms with Gasteiger partial charge in [0.05, 0.1) is 17.0 Å². The molecule has 1 atom stereocenters. The van der Waals surface area contributed by atoms with Gasteiger partial charge in [0.2, 0.25) is 0 Å². The predicted octanol–water partition coefficient (Wildman–Crippen LogP) is 2.29. The second kappa shape index (κ2) is 5.83. The number of nitrogens with zero attached hydrogens (tertiary/aromatic N) is 3. The number of pyridine rings is 1. The fraction of sp³-hybridized carbons (Fsp3) is 0.235. The number of sulfone groups is 1. The Labute approximate surface area is 139 Å². The van der Waals surface area contributed by atoms with Crippen LogP contribution >= 0.6 is 0 Å². The molecule has 0 radical (unpaired) electrons. The lowest BCUT2D eigenvalue weighted by Gasteiger charge is -2.15. The summed E-state index contributed by atoms with van der Waals surface area (Å²) in [6, 6.07) is 11.3. The van der Waals surface area contributed by atoms with Gasteiger partial charge < -0.3 is 5.32 Å². The number of hydrogen-bond acceptors (Lipinski definition) is 6. The zero-order valence-corrected chi connectivity index (χ0v) is 13.7. The van der Waals surface area contributed by atoms with Gasteiger partial charge in [0.1, 0.15) is 5.82 Å². The first kappa shape index (κ1) is 15.0. The van der Waals surface area contributed by atoms with Gasteiger partial charge >= 0.3 is 0 Å². The molecule has 1 aliphatic rings. The highest BCUT2D eigenvalue weighted by Gasteiger charge is 2.28. The SMILES string of the molecule is O=S1(=O)CC[C@@H](Nc2nc(-c3ccncc3)nc3ccccc23)C1. The van der Waals surface area contributed by atoms with E-state index in [0.717, 1.165) is 16.5 Å². The van der Waals surface area contributed by atoms with E-state index in [1.807, 2.05) is 36.4 Å². The third-order valence-corrected chi connectivity index (χ3v) is 5.88. The van der Waals surface area contributed by atoms with Crippen LogP contribution in [0, 0.1) is 0 Å². The number of benzene rings is 1. The summed E-state index contributed by atoms with van der Waals surface area (Å²) in [6.07, 6.45) is 4.00. The Balaban J connectivity index is 1.78. The summed E-state index contributed by atoms with van der Waals surface area (Å²) in [5.41, 5.74) is 1.69. The molecular formula is C17H16N4O2S. The maximum absolute atomic E-state index is 11.7. The lowest BCUT2D eigenvalue weighted by Crippen LogP contribution is -2.21. The molecule has 122 valence electrons. The molecule has 0 spiro atoms. The van der Waals surface area contributed by atoms with Crippen LogP contribution in [0.2, 0.25) is 0 Å². The van der Waals surface area contributed by atoms with Gasteiger partial charge in [-0.2, -0.15) is 0 Å². The molecule has 2 aromatic heterocycles. The first-order chi connectivity index (χ1) is 11.6. The van der Waals surface area contributed by atoms with Crippen molar-refractivity contribution in [1.29, 1.82) is 0 Å². The second-order valence-corrected chi connectivity index (χ2v) is 8.12. The lowest BCUT2D eigenvalue weighted by atomic mass is 10.2. The summed E-state index contributed by atoms with van der Waals surface area (Å²) in [4.78, 5) is 13.3. The molecule has 1 fully saturated rings. The van der Waals surface area contributed by atoms with Crippen molar-refractivity contribution in [3.05, 3.63) is 48.8 Å². The molecule has 3 heterocycles. The van der Waals surface area contributed by atoms with Gasteiger partial charge in [0, 0.05) is 29.4 Å². The molecular weight excluding hydrogens is 324 g/mol. The Morgan fingerprint density at radius 2 is 1.83 bits per heavy atom. The summed E-state index contributed by atoms with van der Waals surface area (Å²) < 4.78 is 23.4. The molecule has 1 aromatic carbocycles. The van der Waals surface area contributed by atoms with Gasteiger partial charge in [0.25, 0.3) is 0 Å². The minimum Gasteiger partial charge on any atom is -0.366 e. The van der Waals surface area contributed by atoms with Gasteiger partial charge in [-0.15, -0.1) is 0 Å². The fourth-order valence-electron chi connectivity index (χ4n) is 2.92. The Kier molecular flexibility index (Phi) is 3.65. The molecule has 0 saturated carbocycles. The highest BCUT2D eigenvalue weighted by Crippen LogP contribution is 2.26. The van der Waals surface area contributed by atoms with E-state index in [1.54, 1.807) is 12.4 Å². The van der Waals surface area contributed by atoms with E-state index in [2.05, 4.69) is 20.3 Å². The Bertz CT molecular complexity index is 990. The predicted molar refractivity (Wildman–Crippen MR) is 93.5 cm³/mol. The van der Waals surface area contributed by atoms with Crippen LogP contribution < -0.4 is 5.32 Å². The Hall–Kier alpha value is -2.54. The van der Waals surface area contributed by atoms with E-state index < -0.39 is 9.84 Å². The maximum Gasteiger partial charge on any atom is 0.162 e. The zero-order chi connectivity index (χ0) is 16.6. The molecule has 7 heteroatoms. The molecule has 0 amide bonds. The second-order valence-electron chi connectivity index (χ2n) is 5.89. The van der Waals surface area contributed by atoms with Crippen LogP contribution in [0.4, 0.5) is 5.82 Å². The topological polar surface area (TPSA) is 84.8 Å². The molecule has 1 N–H and O–H groups in total. The van der Waals surface area contributed by atoms with E-state index in [4.69, 9.17) is 0 Å². The Morgan fingerprint density at radius 3 is 2.58 bits per heavy atom. The molecule has 4 rings (SSSR count). The normalized spacial score (nSPS) is 19.4. The average Bonchev–Trinajstić information content (AvgIpc) is 2.94. The van der Waals surface area contributed by atoms with Gasteiger partial charge in [-0.25, -0.2) is 18.4 Å². The van der Waals surface area contributed by atoms with E-state index >= 15 is 0 Å². The summed E-state index contributed by atoms with van der Waals surface area (Å²) >= 11 is 0. The number of nitrogens with one attached hydrogen (secondary N) is 1. The molecule has 0 bridgehead atoms. The van der Waals surface area contributed by atoms with Gasteiger partial charge in [0.15, 0.2) is 15.7 Å². The van der Waals surface area contributed by atoms with Gasteiger partial charge in [-0.05, 0) is 30.7 Å². The lowest BCUT2D eigenvalue weighted by molar-refractivity contribution is 0.602. The number of anilines is 1. The van der Waals surface area contributed by atoms with Crippen molar-refractivity contribution in [3.8, 4) is 11.4 Å². The van der Waals surface area contributed by atoms with Crippen LogP contribution in [-0.2, 0) is 9.84 Å². The van der Waals surface area contributed by atoms with Crippen LogP contribution in [0.25, 0.3) is 22.3 Å². The van der Waals surface area contributed by atoms with Crippen LogP contribution in [0.3, 0.4) is 0 Å². The minimum atomic E-state index is -2.95. The van der Waals surface area contributed by atoms with Crippen molar-refractivity contribution in [1.82, 2.24) is 15.0 Å². The monoisotopic (exact) mass is 340 g/mol. The molecule has 0 unspecified atom stereocenters. The van der Waals surface area contributed by atoms with Crippen LogP contribution in [0.1, 0.15) is 6.42 Å². The molecule has 6 nitrogen and oxygen atoms in total. The molecule has 24 heavy (non-hydrogen) atoms. The van der Waals surface area contributed by atoms with Crippen LogP contribution in [0.5, 0.6) is 0 Å². The van der Waals surface area contributed by atoms with Gasteiger partial charge in [-0.3, -0.25) is 4.98 Å². The Morgan fingerprint density at radius 1 is 1.04 bits per heavy atom. The average molecular weight is 340 g/mol. The highest BCUT2D eigenvalue weighted by atomic mass is 32.2. The molecule has 3 aromatic rings. The summed E-state index contributed by atoms with van der Waals surface area (Å²) in [5, 5.41) is 4.19. The summed E-state index contributed by atoms with van der Waals surface area (Å²) in [6.45, 7) is 0. The maximum atomic E-state index is 11.7. The minimum absolute atomic E-state index is 0.112. The number of aromatic nitrogens is 3. The number of fused-ring (bicyclic) bond motifs is 1. The van der Waals surface area contributed by atoms with Crippen molar-refractivity contribution in [2.24, 2.45) is 0 Å². The van der Waals surface area contributed by atoms with Crippen LogP contribution in [0.15, 0.2) is 48.8 Å². The zero-order valence-electron chi connectivity index (χ0n) is 12.9. The molecule has 0 aliphatic carbocycles. The number of rotatable bonds is 3. The first-order valence-electron chi connectivity index (χ1n) is 7.75. The van der Waals surface area contributed by atoms with Crippen molar-refractivity contribution in [3.63, 3.8) is 0 Å². The van der Waals surface area contributed by atoms with Crippen molar-refractivity contribution in [2.75, 3.05) is 16.8 Å². The first-order valence-corrected chi connectivity index (χ1v) is 9.57. The molecule has 1 aliphatic heterocycles. The van der Waals surface area contributed by atoms with E-state index in [-0.39, 0.29) is 17.5 Å². The van der Waals surface area contributed by atoms with Crippen molar-refractivity contribution in [2.45, 2.75) is 12.5 Å². The van der Waals surface area contributed by atoms with E-state index in [9.17, 15) is 8.42 Å². The number of hydrogen-bond donors (Lipinski definition) is 1. The van der Waals surface area contributed by atoms with Crippen molar-refractivity contribution < 1.29 is 8.42 Å². The fourth-order valence-corrected chi connectivity index (χ4v) is 4.59. The van der Waals surface area contributed by atoms with E-state index in [0.29, 0.717) is 18.1 Å².